The van der Waals surface area contributed by atoms with E-state index in [-0.39, 0.29) is 18.0 Å². The topological polar surface area (TPSA) is 90.9 Å². The van der Waals surface area contributed by atoms with Gasteiger partial charge < -0.3 is 14.2 Å². The number of anilines is 1. The summed E-state index contributed by atoms with van der Waals surface area (Å²) in [7, 11) is -3.57. The fourth-order valence-electron chi connectivity index (χ4n) is 3.83. The summed E-state index contributed by atoms with van der Waals surface area (Å²) in [6.45, 7) is -1.12. The zero-order valence-corrected chi connectivity index (χ0v) is 19.1. The lowest BCUT2D eigenvalue weighted by atomic mass is 9.88. The summed E-state index contributed by atoms with van der Waals surface area (Å²) in [5.41, 5.74) is 2.54. The van der Waals surface area contributed by atoms with Gasteiger partial charge in [-0.2, -0.15) is 8.78 Å². The van der Waals surface area contributed by atoms with Crippen molar-refractivity contribution in [1.82, 2.24) is 0 Å². The molecule has 0 spiro atoms. The first-order valence-corrected chi connectivity index (χ1v) is 12.2. The average molecular weight is 489 g/mol. The second-order valence-electron chi connectivity index (χ2n) is 7.53. The molecule has 3 aromatic carbocycles. The molecule has 1 N–H and O–H groups in total. The number of hydrogen-bond donors (Lipinski definition) is 1. The van der Waals surface area contributed by atoms with Crippen LogP contribution in [0.25, 0.3) is 11.1 Å². The van der Waals surface area contributed by atoms with E-state index in [0.717, 1.165) is 6.26 Å². The Kier molecular flexibility index (Phi) is 6.43. The third-order valence-corrected chi connectivity index (χ3v) is 5.66. The minimum Gasteiger partial charge on any atom is -0.480 e. The van der Waals surface area contributed by atoms with Crippen LogP contribution in [-0.2, 0) is 14.8 Å². The van der Waals surface area contributed by atoms with Gasteiger partial charge in [-0.25, -0.2) is 13.2 Å². The molecule has 10 heteroatoms. The number of carbonyl (C=O) groups is 1. The minimum atomic E-state index is -3.57. The molecule has 0 saturated carbocycles. The maximum absolute atomic E-state index is 13.1. The first-order valence-electron chi connectivity index (χ1n) is 10.3. The van der Waals surface area contributed by atoms with Crippen molar-refractivity contribution in [3.8, 4) is 22.6 Å². The van der Waals surface area contributed by atoms with Gasteiger partial charge in [0.2, 0.25) is 10.0 Å². The van der Waals surface area contributed by atoms with Crippen molar-refractivity contribution in [3.63, 3.8) is 0 Å². The zero-order valence-electron chi connectivity index (χ0n) is 18.2. The van der Waals surface area contributed by atoms with Crippen LogP contribution in [0.3, 0.4) is 0 Å². The van der Waals surface area contributed by atoms with Crippen molar-refractivity contribution < 1.29 is 36.2 Å². The van der Waals surface area contributed by atoms with E-state index in [4.69, 9.17) is 14.2 Å². The Morgan fingerprint density at radius 3 is 2.59 bits per heavy atom. The third-order valence-electron chi connectivity index (χ3n) is 5.06. The smallest absolute Gasteiger partial charge is 0.387 e. The molecule has 0 aromatic heterocycles. The molecule has 1 aliphatic heterocycles. The maximum atomic E-state index is 13.1. The molecule has 0 radical (unpaired) electrons. The summed E-state index contributed by atoms with van der Waals surface area (Å²) in [6, 6.07) is 15.9. The average Bonchev–Trinajstić information content (AvgIpc) is 2.77. The monoisotopic (exact) mass is 489 g/mol. The van der Waals surface area contributed by atoms with Gasteiger partial charge in [0.05, 0.1) is 24.0 Å². The van der Waals surface area contributed by atoms with Gasteiger partial charge in [-0.3, -0.25) is 4.72 Å². The predicted molar refractivity (Wildman–Crippen MR) is 122 cm³/mol. The van der Waals surface area contributed by atoms with E-state index < -0.39 is 28.7 Å². The van der Waals surface area contributed by atoms with Crippen molar-refractivity contribution in [2.45, 2.75) is 19.6 Å². The lowest BCUT2D eigenvalue weighted by Gasteiger charge is -2.31. The maximum Gasteiger partial charge on any atom is 0.387 e. The molecule has 3 aromatic rings. The molecule has 1 unspecified atom stereocenters. The van der Waals surface area contributed by atoms with E-state index in [1.54, 1.807) is 49.4 Å². The molecular formula is C24H21F2NO6S. The molecule has 1 aliphatic rings. The third kappa shape index (κ3) is 4.96. The Hall–Kier alpha value is -3.66. The fourth-order valence-corrected chi connectivity index (χ4v) is 4.39. The molecule has 1 heterocycles. The normalized spacial score (nSPS) is 14.6. The predicted octanol–water partition coefficient (Wildman–Crippen LogP) is 4.99. The molecule has 0 amide bonds. The molecular weight excluding hydrogens is 468 g/mol. The highest BCUT2D eigenvalue weighted by atomic mass is 32.2. The number of benzene rings is 3. The Morgan fingerprint density at radius 2 is 1.88 bits per heavy atom. The molecule has 0 aliphatic carbocycles. The Balaban J connectivity index is 1.88. The van der Waals surface area contributed by atoms with Crippen molar-refractivity contribution in [1.29, 1.82) is 0 Å². The number of nitrogens with one attached hydrogen (secondary N) is 1. The summed E-state index contributed by atoms with van der Waals surface area (Å²) in [5, 5.41) is 0. The van der Waals surface area contributed by atoms with Crippen LogP contribution in [0.1, 0.15) is 34.5 Å². The van der Waals surface area contributed by atoms with E-state index >= 15 is 0 Å². The first kappa shape index (κ1) is 23.5. The molecule has 178 valence electrons. The van der Waals surface area contributed by atoms with Crippen LogP contribution < -0.4 is 14.2 Å². The molecule has 0 fully saturated rings. The number of alkyl halides is 2. The first-order chi connectivity index (χ1) is 16.2. The number of ether oxygens (including phenoxy) is 3. The van der Waals surface area contributed by atoms with Crippen molar-refractivity contribution >= 4 is 21.7 Å². The number of rotatable bonds is 7. The second-order valence-corrected chi connectivity index (χ2v) is 9.28. The van der Waals surface area contributed by atoms with Crippen molar-refractivity contribution in [2.24, 2.45) is 0 Å². The quantitative estimate of drug-likeness (QED) is 0.471. The standard InChI is InChI=1S/C24H21F2NO6S/c1-3-31-23(28)15-7-4-6-14(12-15)22-18-13-16(27-34(2,29)30)10-11-17(18)21-19(32-22)8-5-9-20(21)33-24(25)26/h4-13,22,24,27H,3H2,1-2H3. The van der Waals surface area contributed by atoms with Gasteiger partial charge in [0, 0.05) is 11.3 Å². The number of esters is 1. The largest absolute Gasteiger partial charge is 0.480 e. The molecule has 1 atom stereocenters. The molecule has 34 heavy (non-hydrogen) atoms. The van der Waals surface area contributed by atoms with Gasteiger partial charge >= 0.3 is 12.6 Å². The van der Waals surface area contributed by atoms with Crippen molar-refractivity contribution in [2.75, 3.05) is 17.6 Å². The number of halogens is 2. The van der Waals surface area contributed by atoms with Crippen LogP contribution in [0.15, 0.2) is 60.7 Å². The SMILES string of the molecule is CCOC(=O)c1cccc(C2Oc3cccc(OC(F)F)c3-c3ccc(NS(C)(=O)=O)cc32)c1. The van der Waals surface area contributed by atoms with Crippen LogP contribution in [0.4, 0.5) is 14.5 Å². The molecule has 0 bridgehead atoms. The van der Waals surface area contributed by atoms with E-state index in [9.17, 15) is 22.0 Å². The second kappa shape index (κ2) is 9.30. The lowest BCUT2D eigenvalue weighted by Crippen LogP contribution is -2.18. The number of hydrogen-bond acceptors (Lipinski definition) is 6. The van der Waals surface area contributed by atoms with Gasteiger partial charge in [-0.05, 0) is 54.4 Å². The fraction of sp³-hybridized carbons (Fsp3) is 0.208. The van der Waals surface area contributed by atoms with Crippen LogP contribution in [0, 0.1) is 0 Å². The van der Waals surface area contributed by atoms with Crippen molar-refractivity contribution in [3.05, 3.63) is 77.4 Å². The highest BCUT2D eigenvalue weighted by Gasteiger charge is 2.31. The van der Waals surface area contributed by atoms with Gasteiger partial charge in [0.1, 0.15) is 17.6 Å². The molecule has 4 rings (SSSR count). The van der Waals surface area contributed by atoms with Crippen LogP contribution >= 0.6 is 0 Å². The van der Waals surface area contributed by atoms with E-state index in [1.165, 1.54) is 18.2 Å². The summed E-state index contributed by atoms with van der Waals surface area (Å²) in [6.07, 6.45) is 0.257. The lowest BCUT2D eigenvalue weighted by molar-refractivity contribution is -0.0496. The highest BCUT2D eigenvalue weighted by Crippen LogP contribution is 2.49. The van der Waals surface area contributed by atoms with Crippen LogP contribution in [0.2, 0.25) is 0 Å². The van der Waals surface area contributed by atoms with Gasteiger partial charge in [0.25, 0.3) is 0 Å². The van der Waals surface area contributed by atoms with Gasteiger partial charge in [-0.1, -0.05) is 24.3 Å². The summed E-state index contributed by atoms with van der Waals surface area (Å²) in [4.78, 5) is 12.3. The van der Waals surface area contributed by atoms with Gasteiger partial charge in [0.15, 0.2) is 0 Å². The Bertz CT molecular complexity index is 1340. The Morgan fingerprint density at radius 1 is 1.12 bits per heavy atom. The highest BCUT2D eigenvalue weighted by molar-refractivity contribution is 7.92. The zero-order chi connectivity index (χ0) is 24.5. The van der Waals surface area contributed by atoms with Crippen LogP contribution in [0.5, 0.6) is 11.5 Å². The summed E-state index contributed by atoms with van der Waals surface area (Å²) >= 11 is 0. The minimum absolute atomic E-state index is 0.0729. The van der Waals surface area contributed by atoms with Gasteiger partial charge in [-0.15, -0.1) is 0 Å². The summed E-state index contributed by atoms with van der Waals surface area (Å²) in [5.74, 6) is -0.266. The molecule has 0 saturated heterocycles. The van der Waals surface area contributed by atoms with Crippen LogP contribution in [-0.4, -0.2) is 33.9 Å². The number of fused-ring (bicyclic) bond motifs is 3. The molecule has 7 nitrogen and oxygen atoms in total. The number of sulfonamides is 1. The number of carbonyl (C=O) groups excluding carboxylic acids is 1. The summed E-state index contributed by atoms with van der Waals surface area (Å²) < 4.78 is 68.1. The van der Waals surface area contributed by atoms with E-state index in [2.05, 4.69) is 4.72 Å². The van der Waals surface area contributed by atoms with E-state index in [1.807, 2.05) is 0 Å². The Labute approximate surface area is 195 Å². The van der Waals surface area contributed by atoms with E-state index in [0.29, 0.717) is 33.6 Å².